The molecule has 0 bridgehead atoms. The number of rotatable bonds is 4. The number of ether oxygens (including phenoxy) is 1. The van der Waals surface area contributed by atoms with Gasteiger partial charge in [0, 0.05) is 13.0 Å². The average Bonchev–Trinajstić information content (AvgIpc) is 2.00. The lowest BCUT2D eigenvalue weighted by Gasteiger charge is -2.22. The molecule has 0 heterocycles. The zero-order valence-electron chi connectivity index (χ0n) is 7.29. The van der Waals surface area contributed by atoms with Crippen LogP contribution in [0.25, 0.3) is 0 Å². The third kappa shape index (κ3) is 2.67. The van der Waals surface area contributed by atoms with Crippen LogP contribution in [-0.4, -0.2) is 24.4 Å². The van der Waals surface area contributed by atoms with Crippen LogP contribution in [0, 0.1) is 5.92 Å². The molecule has 0 saturated heterocycles. The molecule has 2 nitrogen and oxygen atoms in total. The molecule has 62 valence electrons. The quantitative estimate of drug-likeness (QED) is 0.650. The Kier molecular flexibility index (Phi) is 4.65. The lowest BCUT2D eigenvalue weighted by atomic mass is 9.97. The second-order valence-corrected chi connectivity index (χ2v) is 2.78. The van der Waals surface area contributed by atoms with Gasteiger partial charge in [0.05, 0.1) is 12.2 Å². The fraction of sp³-hybridized carbons (Fsp3) is 1.00. The lowest BCUT2D eigenvalue weighted by Crippen LogP contribution is -2.27. The fourth-order valence-electron chi connectivity index (χ4n) is 0.899. The van der Waals surface area contributed by atoms with Gasteiger partial charge in [-0.25, -0.2) is 0 Å². The summed E-state index contributed by atoms with van der Waals surface area (Å²) in [5, 5.41) is 9.35. The van der Waals surface area contributed by atoms with Crippen LogP contribution >= 0.6 is 0 Å². The van der Waals surface area contributed by atoms with Crippen LogP contribution in [-0.2, 0) is 4.74 Å². The summed E-state index contributed by atoms with van der Waals surface area (Å²) in [5.41, 5.74) is 0. The highest BCUT2D eigenvalue weighted by atomic mass is 16.5. The van der Waals surface area contributed by atoms with Crippen molar-refractivity contribution in [2.24, 2.45) is 5.92 Å². The van der Waals surface area contributed by atoms with Crippen molar-refractivity contribution < 1.29 is 9.84 Å². The SMILES string of the molecule is CCC(O)C(C)C(C)OC. The Labute approximate surface area is 63.2 Å². The van der Waals surface area contributed by atoms with E-state index in [0.29, 0.717) is 0 Å². The van der Waals surface area contributed by atoms with E-state index in [2.05, 4.69) is 0 Å². The first-order valence-electron chi connectivity index (χ1n) is 3.84. The first-order chi connectivity index (χ1) is 4.63. The Morgan fingerprint density at radius 3 is 2.20 bits per heavy atom. The molecule has 0 aromatic rings. The van der Waals surface area contributed by atoms with E-state index in [1.54, 1.807) is 7.11 Å². The van der Waals surface area contributed by atoms with E-state index >= 15 is 0 Å². The van der Waals surface area contributed by atoms with Crippen molar-refractivity contribution in [3.8, 4) is 0 Å². The van der Waals surface area contributed by atoms with Gasteiger partial charge in [0.15, 0.2) is 0 Å². The Bertz CT molecular complexity index is 73.3. The van der Waals surface area contributed by atoms with Gasteiger partial charge in [-0.2, -0.15) is 0 Å². The lowest BCUT2D eigenvalue weighted by molar-refractivity contribution is 0.00330. The van der Waals surface area contributed by atoms with E-state index in [9.17, 15) is 5.11 Å². The summed E-state index contributed by atoms with van der Waals surface area (Å²) >= 11 is 0. The third-order valence-electron chi connectivity index (χ3n) is 2.14. The monoisotopic (exact) mass is 146 g/mol. The predicted molar refractivity (Wildman–Crippen MR) is 41.9 cm³/mol. The molecule has 0 amide bonds. The minimum Gasteiger partial charge on any atom is -0.393 e. The molecular formula is C8H18O2. The number of aliphatic hydroxyl groups excluding tert-OH is 1. The molecule has 0 aromatic carbocycles. The smallest absolute Gasteiger partial charge is 0.0593 e. The van der Waals surface area contributed by atoms with Crippen LogP contribution in [0.4, 0.5) is 0 Å². The molecule has 0 aliphatic carbocycles. The molecule has 0 aromatic heterocycles. The van der Waals surface area contributed by atoms with Gasteiger partial charge in [-0.3, -0.25) is 0 Å². The standard InChI is InChI=1S/C8H18O2/c1-5-8(9)6(2)7(3)10-4/h6-9H,5H2,1-4H3. The highest BCUT2D eigenvalue weighted by Crippen LogP contribution is 2.12. The topological polar surface area (TPSA) is 29.5 Å². The van der Waals surface area contributed by atoms with Crippen LogP contribution in [0.15, 0.2) is 0 Å². The summed E-state index contributed by atoms with van der Waals surface area (Å²) in [5.74, 6) is 0.231. The molecule has 0 rings (SSSR count). The van der Waals surface area contributed by atoms with Crippen LogP contribution in [0.5, 0.6) is 0 Å². The van der Waals surface area contributed by atoms with Crippen LogP contribution < -0.4 is 0 Å². The number of methoxy groups -OCH3 is 1. The second kappa shape index (κ2) is 4.69. The molecule has 0 aliphatic rings. The van der Waals surface area contributed by atoms with Gasteiger partial charge in [0.25, 0.3) is 0 Å². The van der Waals surface area contributed by atoms with Crippen molar-refractivity contribution in [2.75, 3.05) is 7.11 Å². The Hall–Kier alpha value is -0.0800. The van der Waals surface area contributed by atoms with Crippen molar-refractivity contribution in [1.82, 2.24) is 0 Å². The number of aliphatic hydroxyl groups is 1. The highest BCUT2D eigenvalue weighted by molar-refractivity contribution is 4.68. The molecule has 3 unspecified atom stereocenters. The molecular weight excluding hydrogens is 128 g/mol. The van der Waals surface area contributed by atoms with Gasteiger partial charge in [-0.1, -0.05) is 13.8 Å². The molecule has 0 spiro atoms. The van der Waals surface area contributed by atoms with Crippen molar-refractivity contribution >= 4 is 0 Å². The van der Waals surface area contributed by atoms with Gasteiger partial charge in [-0.05, 0) is 13.3 Å². The van der Waals surface area contributed by atoms with Crippen molar-refractivity contribution in [1.29, 1.82) is 0 Å². The summed E-state index contributed by atoms with van der Waals surface area (Å²) in [6.45, 7) is 5.95. The molecule has 0 aliphatic heterocycles. The normalized spacial score (nSPS) is 20.1. The summed E-state index contributed by atoms with van der Waals surface area (Å²) in [6.07, 6.45) is 0.722. The Morgan fingerprint density at radius 2 is 1.90 bits per heavy atom. The minimum atomic E-state index is -0.227. The minimum absolute atomic E-state index is 0.148. The van der Waals surface area contributed by atoms with E-state index in [-0.39, 0.29) is 18.1 Å². The van der Waals surface area contributed by atoms with Gasteiger partial charge in [0.2, 0.25) is 0 Å². The van der Waals surface area contributed by atoms with Crippen molar-refractivity contribution in [3.63, 3.8) is 0 Å². The molecule has 0 saturated carbocycles. The molecule has 0 fully saturated rings. The Morgan fingerprint density at radius 1 is 1.40 bits per heavy atom. The first kappa shape index (κ1) is 9.92. The van der Waals surface area contributed by atoms with Crippen LogP contribution in [0.2, 0.25) is 0 Å². The maximum absolute atomic E-state index is 9.35. The Balaban J connectivity index is 3.69. The number of hydrogen-bond acceptors (Lipinski definition) is 2. The highest BCUT2D eigenvalue weighted by Gasteiger charge is 2.18. The predicted octanol–water partition coefficient (Wildman–Crippen LogP) is 1.43. The van der Waals surface area contributed by atoms with E-state index in [1.165, 1.54) is 0 Å². The van der Waals surface area contributed by atoms with E-state index in [0.717, 1.165) is 6.42 Å². The largest absolute Gasteiger partial charge is 0.393 e. The van der Waals surface area contributed by atoms with Gasteiger partial charge < -0.3 is 9.84 Å². The molecule has 2 heteroatoms. The molecule has 0 radical (unpaired) electrons. The van der Waals surface area contributed by atoms with Gasteiger partial charge in [-0.15, -0.1) is 0 Å². The summed E-state index contributed by atoms with van der Waals surface area (Å²) in [7, 11) is 1.67. The first-order valence-corrected chi connectivity index (χ1v) is 3.84. The van der Waals surface area contributed by atoms with Crippen LogP contribution in [0.3, 0.4) is 0 Å². The number of hydrogen-bond donors (Lipinski definition) is 1. The maximum atomic E-state index is 9.35. The summed E-state index contributed by atoms with van der Waals surface area (Å²) in [6, 6.07) is 0. The second-order valence-electron chi connectivity index (χ2n) is 2.78. The average molecular weight is 146 g/mol. The van der Waals surface area contributed by atoms with E-state index < -0.39 is 0 Å². The van der Waals surface area contributed by atoms with Crippen LogP contribution in [0.1, 0.15) is 27.2 Å². The summed E-state index contributed by atoms with van der Waals surface area (Å²) in [4.78, 5) is 0. The van der Waals surface area contributed by atoms with Gasteiger partial charge >= 0.3 is 0 Å². The zero-order valence-corrected chi connectivity index (χ0v) is 7.29. The van der Waals surface area contributed by atoms with Crippen molar-refractivity contribution in [3.05, 3.63) is 0 Å². The molecule has 1 N–H and O–H groups in total. The third-order valence-corrected chi connectivity index (χ3v) is 2.14. The molecule has 10 heavy (non-hydrogen) atoms. The van der Waals surface area contributed by atoms with E-state index in [4.69, 9.17) is 4.74 Å². The maximum Gasteiger partial charge on any atom is 0.0593 e. The zero-order chi connectivity index (χ0) is 8.15. The van der Waals surface area contributed by atoms with Crippen molar-refractivity contribution in [2.45, 2.75) is 39.4 Å². The summed E-state index contributed by atoms with van der Waals surface area (Å²) < 4.78 is 5.07. The molecule has 3 atom stereocenters. The van der Waals surface area contributed by atoms with E-state index in [1.807, 2.05) is 20.8 Å². The van der Waals surface area contributed by atoms with Gasteiger partial charge in [0.1, 0.15) is 0 Å². The fourth-order valence-corrected chi connectivity index (χ4v) is 0.899.